The molecule has 2 amide bonds. The molecular weight excluding hydrogens is 258 g/mol. The molecule has 0 aromatic carbocycles. The van der Waals surface area contributed by atoms with E-state index >= 15 is 0 Å². The van der Waals surface area contributed by atoms with Gasteiger partial charge in [-0.2, -0.15) is 0 Å². The lowest BCUT2D eigenvalue weighted by atomic mass is 10.2. The molecule has 2 rings (SSSR count). The fraction of sp³-hybridized carbons (Fsp3) is 0.857. The van der Waals surface area contributed by atoms with Crippen LogP contribution in [0.15, 0.2) is 0 Å². The number of amides is 2. The average Bonchev–Trinajstić information content (AvgIpc) is 2.82. The summed E-state index contributed by atoms with van der Waals surface area (Å²) in [4.78, 5) is 29.4. The Kier molecular flexibility index (Phi) is 5.37. The van der Waals surface area contributed by atoms with E-state index in [9.17, 15) is 14.7 Å². The second kappa shape index (κ2) is 7.04. The molecule has 0 unspecified atom stereocenters. The van der Waals surface area contributed by atoms with Gasteiger partial charge < -0.3 is 14.9 Å². The van der Waals surface area contributed by atoms with E-state index in [0.29, 0.717) is 25.9 Å². The topological polar surface area (TPSA) is 64.1 Å². The minimum atomic E-state index is -0.321. The van der Waals surface area contributed by atoms with Gasteiger partial charge in [-0.15, -0.1) is 0 Å². The van der Waals surface area contributed by atoms with E-state index < -0.39 is 0 Å². The van der Waals surface area contributed by atoms with Gasteiger partial charge in [0, 0.05) is 58.7 Å². The van der Waals surface area contributed by atoms with Gasteiger partial charge >= 0.3 is 0 Å². The van der Waals surface area contributed by atoms with Crippen molar-refractivity contribution in [3.63, 3.8) is 0 Å². The van der Waals surface area contributed by atoms with Crippen LogP contribution in [0.4, 0.5) is 0 Å². The summed E-state index contributed by atoms with van der Waals surface area (Å²) in [6.45, 7) is 6.90. The molecule has 0 radical (unpaired) electrons. The number of hydrogen-bond donors (Lipinski definition) is 1. The van der Waals surface area contributed by atoms with Crippen LogP contribution in [0, 0.1) is 0 Å². The number of carbonyl (C=O) groups excluding carboxylic acids is 2. The molecule has 0 bridgehead atoms. The lowest BCUT2D eigenvalue weighted by molar-refractivity contribution is -0.134. The molecule has 2 aliphatic rings. The van der Waals surface area contributed by atoms with E-state index in [2.05, 4.69) is 4.90 Å². The molecule has 0 spiro atoms. The van der Waals surface area contributed by atoms with Crippen LogP contribution >= 0.6 is 0 Å². The van der Waals surface area contributed by atoms with Crippen molar-refractivity contribution in [3.8, 4) is 0 Å². The SMILES string of the molecule is C[C@@H](O)CN1CCN(C(=O)CCN2CCCC2=O)CC1. The number of carbonyl (C=O) groups is 2. The van der Waals surface area contributed by atoms with Crippen molar-refractivity contribution in [3.05, 3.63) is 0 Å². The third-order valence-corrected chi connectivity index (χ3v) is 4.01. The first-order chi connectivity index (χ1) is 9.56. The fourth-order valence-electron chi connectivity index (χ4n) is 2.88. The van der Waals surface area contributed by atoms with Crippen molar-refractivity contribution in [2.24, 2.45) is 0 Å². The summed E-state index contributed by atoms with van der Waals surface area (Å²) in [6.07, 6.45) is 1.66. The Bertz CT molecular complexity index is 352. The molecule has 0 aromatic heterocycles. The zero-order valence-corrected chi connectivity index (χ0v) is 12.3. The number of piperazine rings is 1. The molecule has 0 aromatic rings. The standard InChI is InChI=1S/C14H25N3O3/c1-12(18)11-15-7-9-17(10-8-15)14(20)4-6-16-5-2-3-13(16)19/h12,18H,2-11H2,1H3/t12-/m1/s1. The van der Waals surface area contributed by atoms with Gasteiger partial charge in [0.05, 0.1) is 6.10 Å². The predicted octanol–water partition coefficient (Wildman–Crippen LogP) is -0.476. The Hall–Kier alpha value is -1.14. The molecule has 2 saturated heterocycles. The van der Waals surface area contributed by atoms with Crippen molar-refractivity contribution in [2.45, 2.75) is 32.3 Å². The second-order valence-electron chi connectivity index (χ2n) is 5.76. The van der Waals surface area contributed by atoms with E-state index in [1.54, 1.807) is 11.8 Å². The maximum atomic E-state index is 12.1. The van der Waals surface area contributed by atoms with Gasteiger partial charge in [0.2, 0.25) is 11.8 Å². The van der Waals surface area contributed by atoms with Gasteiger partial charge in [-0.1, -0.05) is 0 Å². The van der Waals surface area contributed by atoms with Crippen LogP contribution in [-0.2, 0) is 9.59 Å². The van der Waals surface area contributed by atoms with E-state index in [4.69, 9.17) is 0 Å². The monoisotopic (exact) mass is 283 g/mol. The van der Waals surface area contributed by atoms with Crippen molar-refractivity contribution in [2.75, 3.05) is 45.8 Å². The lowest BCUT2D eigenvalue weighted by Crippen LogP contribution is -2.50. The van der Waals surface area contributed by atoms with Crippen LogP contribution < -0.4 is 0 Å². The molecule has 2 heterocycles. The summed E-state index contributed by atoms with van der Waals surface area (Å²) in [6, 6.07) is 0. The van der Waals surface area contributed by atoms with Gasteiger partial charge in [0.25, 0.3) is 0 Å². The highest BCUT2D eigenvalue weighted by molar-refractivity contribution is 5.80. The molecular formula is C14H25N3O3. The number of likely N-dealkylation sites (tertiary alicyclic amines) is 1. The summed E-state index contributed by atoms with van der Waals surface area (Å²) in [5, 5.41) is 9.35. The number of β-amino-alcohol motifs (C(OH)–C–C–N with tert-alkyl or cyclic N) is 1. The molecule has 6 nitrogen and oxygen atoms in total. The highest BCUT2D eigenvalue weighted by atomic mass is 16.3. The number of nitrogens with zero attached hydrogens (tertiary/aromatic N) is 3. The van der Waals surface area contributed by atoms with Gasteiger partial charge in [0.15, 0.2) is 0 Å². The van der Waals surface area contributed by atoms with E-state index in [0.717, 1.165) is 39.1 Å². The Morgan fingerprint density at radius 1 is 1.25 bits per heavy atom. The van der Waals surface area contributed by atoms with Crippen LogP contribution in [0.3, 0.4) is 0 Å². The van der Waals surface area contributed by atoms with Gasteiger partial charge in [-0.05, 0) is 13.3 Å². The van der Waals surface area contributed by atoms with Crippen LogP contribution in [0.5, 0.6) is 0 Å². The number of hydrogen-bond acceptors (Lipinski definition) is 4. The first-order valence-electron chi connectivity index (χ1n) is 7.52. The maximum absolute atomic E-state index is 12.1. The average molecular weight is 283 g/mol. The minimum Gasteiger partial charge on any atom is -0.392 e. The Labute approximate surface area is 120 Å². The molecule has 6 heteroatoms. The minimum absolute atomic E-state index is 0.140. The van der Waals surface area contributed by atoms with E-state index in [1.807, 2.05) is 4.90 Å². The molecule has 0 aliphatic carbocycles. The van der Waals surface area contributed by atoms with Crippen molar-refractivity contribution >= 4 is 11.8 Å². The normalized spacial score (nSPS) is 22.4. The molecule has 114 valence electrons. The molecule has 1 N–H and O–H groups in total. The molecule has 2 aliphatic heterocycles. The number of rotatable bonds is 5. The van der Waals surface area contributed by atoms with Crippen LogP contribution in [0.1, 0.15) is 26.2 Å². The van der Waals surface area contributed by atoms with Crippen molar-refractivity contribution in [1.29, 1.82) is 0 Å². The fourth-order valence-corrected chi connectivity index (χ4v) is 2.88. The molecule has 20 heavy (non-hydrogen) atoms. The lowest BCUT2D eigenvalue weighted by Gasteiger charge is -2.35. The molecule has 1 atom stereocenters. The highest BCUT2D eigenvalue weighted by Gasteiger charge is 2.24. The second-order valence-corrected chi connectivity index (χ2v) is 5.76. The van der Waals surface area contributed by atoms with Crippen LogP contribution in [0.25, 0.3) is 0 Å². The van der Waals surface area contributed by atoms with Crippen LogP contribution in [0.2, 0.25) is 0 Å². The first-order valence-corrected chi connectivity index (χ1v) is 7.52. The number of aliphatic hydroxyl groups is 1. The molecule has 0 saturated carbocycles. The largest absolute Gasteiger partial charge is 0.392 e. The smallest absolute Gasteiger partial charge is 0.224 e. The van der Waals surface area contributed by atoms with E-state index in [1.165, 1.54) is 0 Å². The van der Waals surface area contributed by atoms with Crippen LogP contribution in [-0.4, -0.2) is 83.5 Å². The van der Waals surface area contributed by atoms with E-state index in [-0.39, 0.29) is 17.9 Å². The molecule has 2 fully saturated rings. The summed E-state index contributed by atoms with van der Waals surface area (Å²) < 4.78 is 0. The quantitative estimate of drug-likeness (QED) is 0.740. The predicted molar refractivity (Wildman–Crippen MR) is 75.1 cm³/mol. The Morgan fingerprint density at radius 3 is 2.50 bits per heavy atom. The van der Waals surface area contributed by atoms with Gasteiger partial charge in [-0.3, -0.25) is 14.5 Å². The Morgan fingerprint density at radius 2 is 1.95 bits per heavy atom. The Balaban J connectivity index is 1.68. The maximum Gasteiger partial charge on any atom is 0.224 e. The zero-order valence-electron chi connectivity index (χ0n) is 12.3. The third kappa shape index (κ3) is 4.18. The van der Waals surface area contributed by atoms with Crippen molar-refractivity contribution in [1.82, 2.24) is 14.7 Å². The summed E-state index contributed by atoms with van der Waals surface area (Å²) in [5.74, 6) is 0.320. The summed E-state index contributed by atoms with van der Waals surface area (Å²) in [5.41, 5.74) is 0. The highest BCUT2D eigenvalue weighted by Crippen LogP contribution is 2.11. The van der Waals surface area contributed by atoms with Gasteiger partial charge in [-0.25, -0.2) is 0 Å². The zero-order chi connectivity index (χ0) is 14.5. The number of aliphatic hydroxyl groups excluding tert-OH is 1. The third-order valence-electron chi connectivity index (χ3n) is 4.01. The summed E-state index contributed by atoms with van der Waals surface area (Å²) in [7, 11) is 0. The summed E-state index contributed by atoms with van der Waals surface area (Å²) >= 11 is 0. The van der Waals surface area contributed by atoms with Crippen molar-refractivity contribution < 1.29 is 14.7 Å². The first kappa shape index (κ1) is 15.3. The van der Waals surface area contributed by atoms with Gasteiger partial charge in [0.1, 0.15) is 0 Å².